The fraction of sp³-hybridized carbons (Fsp3) is 0.400. The fourth-order valence-corrected chi connectivity index (χ4v) is 3.18. The Morgan fingerprint density at radius 1 is 1.13 bits per heavy atom. The summed E-state index contributed by atoms with van der Waals surface area (Å²) < 4.78 is 5.56. The Labute approximate surface area is 180 Å². The van der Waals surface area contributed by atoms with Crippen molar-refractivity contribution >= 4 is 11.8 Å². The van der Waals surface area contributed by atoms with E-state index in [0.717, 1.165) is 28.0 Å². The molecular weight excluding hydrogens is 376 g/mol. The number of hydrogen-bond acceptors (Lipinski definition) is 4. The van der Waals surface area contributed by atoms with Gasteiger partial charge in [0.25, 0.3) is 0 Å². The van der Waals surface area contributed by atoms with E-state index >= 15 is 0 Å². The number of hydrogen-bond donors (Lipinski definition) is 2. The van der Waals surface area contributed by atoms with Crippen LogP contribution < -0.4 is 5.32 Å². The monoisotopic (exact) mass is 410 g/mol. The molecule has 30 heavy (non-hydrogen) atoms. The molecule has 0 aromatic heterocycles. The van der Waals surface area contributed by atoms with E-state index in [-0.39, 0.29) is 11.8 Å². The van der Waals surface area contributed by atoms with Crippen LogP contribution in [-0.2, 0) is 11.3 Å². The third-order valence-corrected chi connectivity index (χ3v) is 4.68. The van der Waals surface area contributed by atoms with Crippen molar-refractivity contribution in [2.45, 2.75) is 53.7 Å². The molecule has 162 valence electrons. The summed E-state index contributed by atoms with van der Waals surface area (Å²) >= 11 is 0. The van der Waals surface area contributed by atoms with E-state index in [4.69, 9.17) is 4.74 Å². The number of benzene rings is 2. The third-order valence-electron chi connectivity index (χ3n) is 4.68. The standard InChI is InChI=1S/C25H34N2O3/c1-7-27(24(29)30-25(4,5)6)17-19(3)23(22-14-9-8-11-18(22)2)26-16-20-12-10-13-21(28)15-20/h8-15,26,28H,7,16-17H2,1-6H3/b23-19+. The van der Waals surface area contributed by atoms with Gasteiger partial charge in [0.2, 0.25) is 0 Å². The van der Waals surface area contributed by atoms with E-state index in [0.29, 0.717) is 19.6 Å². The minimum absolute atomic E-state index is 0.245. The number of nitrogens with zero attached hydrogens (tertiary/aromatic N) is 1. The highest BCUT2D eigenvalue weighted by Crippen LogP contribution is 2.22. The lowest BCUT2D eigenvalue weighted by atomic mass is 10.0. The zero-order valence-corrected chi connectivity index (χ0v) is 19.0. The molecule has 0 aliphatic carbocycles. The van der Waals surface area contributed by atoms with Crippen molar-refractivity contribution in [2.24, 2.45) is 0 Å². The van der Waals surface area contributed by atoms with Gasteiger partial charge in [-0.15, -0.1) is 0 Å². The number of amides is 1. The number of phenolic OH excluding ortho intramolecular Hbond substituents is 1. The number of carbonyl (C=O) groups is 1. The highest BCUT2D eigenvalue weighted by atomic mass is 16.6. The number of aryl methyl sites for hydroxylation is 1. The van der Waals surface area contributed by atoms with Crippen LogP contribution >= 0.6 is 0 Å². The Balaban J connectivity index is 2.32. The molecule has 0 spiro atoms. The molecule has 0 fully saturated rings. The summed E-state index contributed by atoms with van der Waals surface area (Å²) in [6.45, 7) is 13.3. The number of aromatic hydroxyl groups is 1. The van der Waals surface area contributed by atoms with Crippen LogP contribution in [0.2, 0.25) is 0 Å². The summed E-state index contributed by atoms with van der Waals surface area (Å²) in [5.41, 5.74) is 4.71. The molecule has 0 atom stereocenters. The first-order valence-electron chi connectivity index (χ1n) is 10.4. The summed E-state index contributed by atoms with van der Waals surface area (Å²) in [5, 5.41) is 13.3. The molecular formula is C25H34N2O3. The molecule has 0 aliphatic rings. The molecule has 2 N–H and O–H groups in total. The van der Waals surface area contributed by atoms with Gasteiger partial charge < -0.3 is 20.1 Å². The van der Waals surface area contributed by atoms with E-state index in [1.165, 1.54) is 0 Å². The maximum absolute atomic E-state index is 12.6. The van der Waals surface area contributed by atoms with Crippen LogP contribution in [0.3, 0.4) is 0 Å². The van der Waals surface area contributed by atoms with Gasteiger partial charge in [-0.1, -0.05) is 36.4 Å². The highest BCUT2D eigenvalue weighted by molar-refractivity contribution is 5.72. The molecule has 2 aromatic rings. The van der Waals surface area contributed by atoms with Crippen molar-refractivity contribution in [2.75, 3.05) is 13.1 Å². The van der Waals surface area contributed by atoms with Crippen molar-refractivity contribution in [1.29, 1.82) is 0 Å². The lowest BCUT2D eigenvalue weighted by Crippen LogP contribution is -2.38. The Morgan fingerprint density at radius 3 is 2.43 bits per heavy atom. The van der Waals surface area contributed by atoms with E-state index in [9.17, 15) is 9.90 Å². The first-order valence-corrected chi connectivity index (χ1v) is 10.4. The lowest BCUT2D eigenvalue weighted by molar-refractivity contribution is 0.0277. The van der Waals surface area contributed by atoms with Gasteiger partial charge in [-0.05, 0) is 70.4 Å². The third kappa shape index (κ3) is 6.83. The number of rotatable bonds is 7. The van der Waals surface area contributed by atoms with Crippen LogP contribution in [0, 0.1) is 6.92 Å². The average molecular weight is 411 g/mol. The molecule has 0 saturated heterocycles. The second kappa shape index (κ2) is 10.2. The first kappa shape index (κ1) is 23.3. The molecule has 2 rings (SSSR count). The van der Waals surface area contributed by atoms with Gasteiger partial charge in [0, 0.05) is 30.9 Å². The second-order valence-corrected chi connectivity index (χ2v) is 8.49. The van der Waals surface area contributed by atoms with Crippen LogP contribution in [0.4, 0.5) is 4.79 Å². The Kier molecular flexibility index (Phi) is 7.93. The summed E-state index contributed by atoms with van der Waals surface area (Å²) in [6.07, 6.45) is -0.318. The van der Waals surface area contributed by atoms with Gasteiger partial charge in [0.05, 0.1) is 0 Å². The number of likely N-dealkylation sites (N-methyl/N-ethyl adjacent to an activating group) is 1. The number of phenols is 1. The average Bonchev–Trinajstić information content (AvgIpc) is 2.66. The van der Waals surface area contributed by atoms with Crippen LogP contribution in [-0.4, -0.2) is 34.8 Å². The van der Waals surface area contributed by atoms with Gasteiger partial charge in [-0.2, -0.15) is 0 Å². The predicted molar refractivity (Wildman–Crippen MR) is 122 cm³/mol. The Bertz CT molecular complexity index is 897. The molecule has 2 aromatic carbocycles. The number of carbonyl (C=O) groups excluding carboxylic acids is 1. The van der Waals surface area contributed by atoms with Crippen LogP contribution in [0.25, 0.3) is 5.70 Å². The van der Waals surface area contributed by atoms with Crippen LogP contribution in [0.5, 0.6) is 5.75 Å². The maximum atomic E-state index is 12.6. The maximum Gasteiger partial charge on any atom is 0.410 e. The number of nitrogens with one attached hydrogen (secondary N) is 1. The molecule has 0 saturated carbocycles. The Morgan fingerprint density at radius 2 is 1.83 bits per heavy atom. The molecule has 5 heteroatoms. The molecule has 0 aliphatic heterocycles. The zero-order chi connectivity index (χ0) is 22.3. The molecule has 0 radical (unpaired) electrons. The van der Waals surface area contributed by atoms with Crippen molar-refractivity contribution in [3.63, 3.8) is 0 Å². The van der Waals surface area contributed by atoms with Gasteiger partial charge in [0.15, 0.2) is 0 Å². The van der Waals surface area contributed by atoms with Crippen molar-refractivity contribution in [1.82, 2.24) is 10.2 Å². The molecule has 0 bridgehead atoms. The largest absolute Gasteiger partial charge is 0.508 e. The molecule has 0 heterocycles. The van der Waals surface area contributed by atoms with Crippen molar-refractivity contribution in [3.8, 4) is 5.75 Å². The van der Waals surface area contributed by atoms with Crippen LogP contribution in [0.15, 0.2) is 54.1 Å². The summed E-state index contributed by atoms with van der Waals surface area (Å²) in [6, 6.07) is 15.4. The summed E-state index contributed by atoms with van der Waals surface area (Å²) in [7, 11) is 0. The lowest BCUT2D eigenvalue weighted by Gasteiger charge is -2.28. The van der Waals surface area contributed by atoms with Gasteiger partial charge in [-0.3, -0.25) is 0 Å². The normalized spacial score (nSPS) is 12.2. The fourth-order valence-electron chi connectivity index (χ4n) is 3.18. The first-order chi connectivity index (χ1) is 14.1. The van der Waals surface area contributed by atoms with E-state index in [1.54, 1.807) is 17.0 Å². The van der Waals surface area contributed by atoms with Crippen molar-refractivity contribution in [3.05, 3.63) is 70.8 Å². The summed E-state index contributed by atoms with van der Waals surface area (Å²) in [5.74, 6) is 0.245. The quantitative estimate of drug-likeness (QED) is 0.635. The molecule has 0 unspecified atom stereocenters. The molecule has 5 nitrogen and oxygen atoms in total. The zero-order valence-electron chi connectivity index (χ0n) is 19.0. The van der Waals surface area contributed by atoms with Gasteiger partial charge >= 0.3 is 6.09 Å². The second-order valence-electron chi connectivity index (χ2n) is 8.49. The minimum atomic E-state index is -0.533. The van der Waals surface area contributed by atoms with Crippen LogP contribution in [0.1, 0.15) is 51.3 Å². The SMILES string of the molecule is CCN(C/C(C)=C(/NCc1cccc(O)c1)c1ccccc1C)C(=O)OC(C)(C)C. The predicted octanol–water partition coefficient (Wildman–Crippen LogP) is 5.48. The molecule has 1 amide bonds. The smallest absolute Gasteiger partial charge is 0.410 e. The number of ether oxygens (including phenoxy) is 1. The summed E-state index contributed by atoms with van der Waals surface area (Å²) in [4.78, 5) is 14.3. The van der Waals surface area contributed by atoms with E-state index in [1.807, 2.05) is 58.9 Å². The van der Waals surface area contributed by atoms with Crippen molar-refractivity contribution < 1.29 is 14.6 Å². The van der Waals surface area contributed by atoms with Gasteiger partial charge in [-0.25, -0.2) is 4.79 Å². The topological polar surface area (TPSA) is 61.8 Å². The minimum Gasteiger partial charge on any atom is -0.508 e. The van der Waals surface area contributed by atoms with E-state index < -0.39 is 5.60 Å². The van der Waals surface area contributed by atoms with E-state index in [2.05, 4.69) is 24.4 Å². The highest BCUT2D eigenvalue weighted by Gasteiger charge is 2.22. The Hall–Kier alpha value is -2.95. The van der Waals surface area contributed by atoms with Gasteiger partial charge in [0.1, 0.15) is 11.4 Å².